The zero-order valence-electron chi connectivity index (χ0n) is 32.0. The highest BCUT2D eigenvalue weighted by molar-refractivity contribution is 6.34. The molecular weight excluding hydrogens is 788 g/mol. The van der Waals surface area contributed by atoms with Gasteiger partial charge in [-0.25, -0.2) is 14.4 Å². The van der Waals surface area contributed by atoms with Gasteiger partial charge in [0.1, 0.15) is 5.02 Å². The third-order valence-corrected chi connectivity index (χ3v) is 9.10. The predicted molar refractivity (Wildman–Crippen MR) is 213 cm³/mol. The van der Waals surface area contributed by atoms with E-state index < -0.39 is 21.8 Å². The first-order valence-corrected chi connectivity index (χ1v) is 18.5. The van der Waals surface area contributed by atoms with E-state index in [-0.39, 0.29) is 50.2 Å². The third-order valence-electron chi connectivity index (χ3n) is 7.65. The van der Waals surface area contributed by atoms with Crippen LogP contribution in [-0.2, 0) is 14.2 Å². The third kappa shape index (κ3) is 16.6. The van der Waals surface area contributed by atoms with Gasteiger partial charge in [0.25, 0.3) is 11.4 Å². The molecule has 0 N–H and O–H groups in total. The van der Waals surface area contributed by atoms with Crippen LogP contribution in [-0.4, -0.2) is 65.5 Å². The summed E-state index contributed by atoms with van der Waals surface area (Å²) in [4.78, 5) is 55.7. The topological polar surface area (TPSA) is 168 Å². The molecule has 1 amide bonds. The zero-order chi connectivity index (χ0) is 41.7. The van der Waals surface area contributed by atoms with Crippen molar-refractivity contribution in [3.63, 3.8) is 0 Å². The summed E-state index contributed by atoms with van der Waals surface area (Å²) >= 11 is 23.3. The van der Waals surface area contributed by atoms with Crippen LogP contribution >= 0.6 is 46.4 Å². The Morgan fingerprint density at radius 1 is 0.815 bits per heavy atom. The first-order chi connectivity index (χ1) is 25.3. The number of benzene rings is 2. The van der Waals surface area contributed by atoms with Crippen molar-refractivity contribution in [1.82, 2.24) is 4.90 Å². The second-order valence-electron chi connectivity index (χ2n) is 11.9. The monoisotopic (exact) mass is 835 g/mol. The number of hydrogen-bond donors (Lipinski definition) is 0. The number of carbonyl (C=O) groups excluding carboxylic acids is 3. The van der Waals surface area contributed by atoms with Crippen molar-refractivity contribution in [3.8, 4) is 0 Å². The minimum Gasteiger partial charge on any atom is -0.465 e. The van der Waals surface area contributed by atoms with Gasteiger partial charge in [0.15, 0.2) is 0 Å². The lowest BCUT2D eigenvalue weighted by atomic mass is 10.0. The van der Waals surface area contributed by atoms with Crippen LogP contribution in [0.4, 0.5) is 16.2 Å². The number of hydrogen-bond acceptors (Lipinski definition) is 10. The van der Waals surface area contributed by atoms with Crippen molar-refractivity contribution in [2.45, 2.75) is 97.9 Å². The Morgan fingerprint density at radius 3 is 1.87 bits per heavy atom. The molecule has 1 unspecified atom stereocenters. The summed E-state index contributed by atoms with van der Waals surface area (Å²) in [7, 11) is 3.78. The Morgan fingerprint density at radius 2 is 1.39 bits per heavy atom. The molecule has 2 aromatic carbocycles. The molecule has 1 aliphatic rings. The standard InChI is InChI=1S/C10H10ClNO4.C10H14ClNO2.C9H8ClNO4.C8H17Cl/c1-5-4-7(10(13)16-3)6(2)9(8(5)11)12(14)15;1-3-4-9-7-8(11)5-6-12(9)10(13)14-2;1-5-3-6(11(13)14)4-7(8(5)10)9(12)15-2;1-3-4-5-6-7-8(2)9/h4H,1-3H3;5-7,9H,3-4H2,1-2H3;3-4H,1-2H3;8H,3-7H2,1-2H3/t;;;8-/m...1/s1. The van der Waals surface area contributed by atoms with E-state index in [2.05, 4.69) is 35.0 Å². The molecule has 54 heavy (non-hydrogen) atoms. The summed E-state index contributed by atoms with van der Waals surface area (Å²) in [6.07, 6.45) is 13.3. The fourth-order valence-corrected chi connectivity index (χ4v) is 5.58. The van der Waals surface area contributed by atoms with Gasteiger partial charge in [0.05, 0.1) is 53.4 Å². The fourth-order valence-electron chi connectivity index (χ4n) is 4.77. The smallest absolute Gasteiger partial charge is 0.414 e. The van der Waals surface area contributed by atoms with E-state index >= 15 is 0 Å². The summed E-state index contributed by atoms with van der Waals surface area (Å²) in [6, 6.07) is 3.90. The zero-order valence-corrected chi connectivity index (χ0v) is 35.0. The lowest BCUT2D eigenvalue weighted by Crippen LogP contribution is -2.36. The Kier molecular flexibility index (Phi) is 24.1. The summed E-state index contributed by atoms with van der Waals surface area (Å²) in [5, 5.41) is 22.6. The van der Waals surface area contributed by atoms with E-state index in [0.717, 1.165) is 18.9 Å². The molecule has 0 spiro atoms. The number of esters is 2. The first-order valence-electron chi connectivity index (χ1n) is 16.9. The lowest BCUT2D eigenvalue weighted by Gasteiger charge is -2.27. The van der Waals surface area contributed by atoms with Gasteiger partial charge in [-0.15, -0.1) is 11.6 Å². The number of nitro groups is 2. The summed E-state index contributed by atoms with van der Waals surface area (Å²) in [5.74, 6) is -1.30. The van der Waals surface area contributed by atoms with Gasteiger partial charge in [0, 0.05) is 34.3 Å². The van der Waals surface area contributed by atoms with Crippen LogP contribution in [0, 0.1) is 41.0 Å². The number of nitro benzene ring substituents is 2. The van der Waals surface area contributed by atoms with E-state index in [0.29, 0.717) is 21.5 Å². The van der Waals surface area contributed by atoms with Gasteiger partial charge in [-0.2, -0.15) is 0 Å². The van der Waals surface area contributed by atoms with Crippen molar-refractivity contribution < 1.29 is 38.4 Å². The molecule has 1 aliphatic heterocycles. The minimum absolute atomic E-state index is 0.00543. The number of ether oxygens (including phenoxy) is 3. The number of unbranched alkanes of at least 4 members (excludes halogenated alkanes) is 3. The number of rotatable bonds is 11. The molecule has 1 heterocycles. The van der Waals surface area contributed by atoms with Gasteiger partial charge in [-0.05, 0) is 69.9 Å². The summed E-state index contributed by atoms with van der Waals surface area (Å²) in [5.41, 5.74) is 0.888. The molecule has 13 nitrogen and oxygen atoms in total. The Bertz CT molecular complexity index is 1670. The van der Waals surface area contributed by atoms with E-state index in [4.69, 9.17) is 46.4 Å². The quantitative estimate of drug-likeness (QED) is 0.0530. The predicted octanol–water partition coefficient (Wildman–Crippen LogP) is 11.5. The van der Waals surface area contributed by atoms with E-state index in [1.54, 1.807) is 31.0 Å². The van der Waals surface area contributed by atoms with Crippen molar-refractivity contribution in [3.05, 3.63) is 99.7 Å². The van der Waals surface area contributed by atoms with E-state index in [9.17, 15) is 34.6 Å². The largest absolute Gasteiger partial charge is 0.465 e. The average Bonchev–Trinajstić information content (AvgIpc) is 3.12. The SMILES string of the molecule is CCCC1C=C(Cl)C=CN1C(=O)OC.CCCCCC[C@@H](C)Cl.COC(=O)c1cc(C)c(Cl)c([N+](=O)[O-])c1C.COC(=O)c1cc([N+](=O)[O-])cc(C)c1Cl. The van der Waals surface area contributed by atoms with Gasteiger partial charge >= 0.3 is 18.0 Å². The van der Waals surface area contributed by atoms with Crippen LogP contribution in [0.1, 0.15) is 103 Å². The van der Waals surface area contributed by atoms with Crippen LogP contribution < -0.4 is 0 Å². The maximum Gasteiger partial charge on any atom is 0.414 e. The summed E-state index contributed by atoms with van der Waals surface area (Å²) in [6.45, 7) is 11.0. The maximum atomic E-state index is 11.4. The van der Waals surface area contributed by atoms with Gasteiger partial charge in [-0.3, -0.25) is 25.1 Å². The Balaban J connectivity index is 0.000000707. The van der Waals surface area contributed by atoms with Gasteiger partial charge < -0.3 is 14.2 Å². The van der Waals surface area contributed by atoms with Crippen LogP contribution in [0.25, 0.3) is 0 Å². The fraction of sp³-hybridized carbons (Fsp3) is 0.486. The molecule has 0 fully saturated rings. The van der Waals surface area contributed by atoms with E-state index in [1.807, 2.05) is 6.08 Å². The number of amides is 1. The highest BCUT2D eigenvalue weighted by atomic mass is 35.5. The number of alkyl halides is 1. The van der Waals surface area contributed by atoms with Gasteiger partial charge in [-0.1, -0.05) is 80.8 Å². The van der Waals surface area contributed by atoms with Crippen LogP contribution in [0.2, 0.25) is 10.0 Å². The number of nitrogens with zero attached hydrogens (tertiary/aromatic N) is 3. The highest BCUT2D eigenvalue weighted by Gasteiger charge is 2.25. The molecule has 0 bridgehead atoms. The molecule has 0 aliphatic carbocycles. The summed E-state index contributed by atoms with van der Waals surface area (Å²) < 4.78 is 13.7. The molecule has 17 heteroatoms. The highest BCUT2D eigenvalue weighted by Crippen LogP contribution is 2.34. The Labute approximate surface area is 336 Å². The number of non-ortho nitro benzene ring substituents is 1. The van der Waals surface area contributed by atoms with Crippen LogP contribution in [0.3, 0.4) is 0 Å². The van der Waals surface area contributed by atoms with Crippen LogP contribution in [0.5, 0.6) is 0 Å². The van der Waals surface area contributed by atoms with Crippen molar-refractivity contribution in [2.75, 3.05) is 21.3 Å². The molecule has 0 radical (unpaired) electrons. The van der Waals surface area contributed by atoms with Gasteiger partial charge in [0.2, 0.25) is 0 Å². The molecule has 3 rings (SSSR count). The van der Waals surface area contributed by atoms with E-state index in [1.165, 1.54) is 72.5 Å². The molecule has 300 valence electrons. The first kappa shape index (κ1) is 50.1. The maximum absolute atomic E-state index is 11.4. The van der Waals surface area contributed by atoms with Crippen molar-refractivity contribution in [2.24, 2.45) is 0 Å². The second kappa shape index (κ2) is 26.0. The number of methoxy groups -OCH3 is 3. The molecule has 0 aromatic heterocycles. The normalized spacial score (nSPS) is 13.3. The number of halogens is 4. The average molecular weight is 838 g/mol. The van der Waals surface area contributed by atoms with Crippen molar-refractivity contribution >= 4 is 75.8 Å². The lowest BCUT2D eigenvalue weighted by molar-refractivity contribution is -0.385. The van der Waals surface area contributed by atoms with Crippen LogP contribution in [0.15, 0.2) is 41.6 Å². The molecule has 2 atom stereocenters. The molecular formula is C37H49Cl4N3O10. The second-order valence-corrected chi connectivity index (χ2v) is 13.8. The molecule has 2 aromatic rings. The number of allylic oxidation sites excluding steroid dienone is 2. The molecule has 0 saturated heterocycles. The van der Waals surface area contributed by atoms with Crippen molar-refractivity contribution in [1.29, 1.82) is 0 Å². The number of carbonyl (C=O) groups is 3. The minimum atomic E-state index is -0.688. The number of aryl methyl sites for hydroxylation is 2. The Hall–Kier alpha value is -3.91. The molecule has 0 saturated carbocycles.